The third kappa shape index (κ3) is 7.77. The zero-order valence-electron chi connectivity index (χ0n) is 14.0. The quantitative estimate of drug-likeness (QED) is 0.262. The van der Waals surface area contributed by atoms with Crippen LogP contribution in [0.25, 0.3) is 0 Å². The molecule has 2 aromatic rings. The highest BCUT2D eigenvalue weighted by molar-refractivity contribution is 14.0. The number of nitrogens with zero attached hydrogens (tertiary/aromatic N) is 2. The first-order valence-corrected chi connectivity index (χ1v) is 8.58. The van der Waals surface area contributed by atoms with E-state index in [2.05, 4.69) is 20.6 Å². The summed E-state index contributed by atoms with van der Waals surface area (Å²) in [4.78, 5) is 7.80. The Kier molecular flexibility index (Phi) is 9.70. The summed E-state index contributed by atoms with van der Waals surface area (Å²) in [6, 6.07) is 9.40. The number of benzene rings is 1. The molecule has 0 aliphatic heterocycles. The van der Waals surface area contributed by atoms with Gasteiger partial charge in [-0.05, 0) is 19.1 Å². The van der Waals surface area contributed by atoms with Crippen LogP contribution in [0.3, 0.4) is 0 Å². The Bertz CT molecular complexity index is 680. The first-order chi connectivity index (χ1) is 12.0. The van der Waals surface area contributed by atoms with E-state index >= 15 is 0 Å². The molecule has 0 bridgehead atoms. The van der Waals surface area contributed by atoms with Gasteiger partial charge in [0.15, 0.2) is 11.7 Å². The highest BCUT2D eigenvalue weighted by atomic mass is 127. The second-order valence-corrected chi connectivity index (χ2v) is 5.85. The largest absolute Gasteiger partial charge is 0.492 e. The van der Waals surface area contributed by atoms with Crippen LogP contribution in [0.4, 0.5) is 13.2 Å². The Hall–Kier alpha value is -1.56. The van der Waals surface area contributed by atoms with E-state index in [1.807, 2.05) is 37.3 Å². The predicted octanol–water partition coefficient (Wildman–Crippen LogP) is 3.91. The second kappa shape index (κ2) is 11.2. The van der Waals surface area contributed by atoms with E-state index in [1.165, 1.54) is 0 Å². The maximum atomic E-state index is 12.5. The molecule has 2 rings (SSSR count). The van der Waals surface area contributed by atoms with Gasteiger partial charge in [0.05, 0.1) is 13.1 Å². The van der Waals surface area contributed by atoms with Crippen molar-refractivity contribution < 1.29 is 17.9 Å². The first-order valence-electron chi connectivity index (χ1n) is 7.70. The highest BCUT2D eigenvalue weighted by Gasteiger charge is 2.33. The molecule has 0 radical (unpaired) electrons. The van der Waals surface area contributed by atoms with Gasteiger partial charge in [0.2, 0.25) is 0 Å². The van der Waals surface area contributed by atoms with E-state index in [0.717, 1.165) is 22.5 Å². The predicted molar refractivity (Wildman–Crippen MR) is 107 cm³/mol. The summed E-state index contributed by atoms with van der Waals surface area (Å²) in [6.45, 7) is 3.56. The number of nitrogens with one attached hydrogen (secondary N) is 2. The van der Waals surface area contributed by atoms with Crippen LogP contribution >= 0.6 is 35.3 Å². The van der Waals surface area contributed by atoms with Gasteiger partial charge >= 0.3 is 6.18 Å². The van der Waals surface area contributed by atoms with Gasteiger partial charge in [0.25, 0.3) is 0 Å². The van der Waals surface area contributed by atoms with Crippen molar-refractivity contribution in [3.8, 4) is 5.75 Å². The maximum Gasteiger partial charge on any atom is 0.434 e. The fourth-order valence-electron chi connectivity index (χ4n) is 1.86. The Morgan fingerprint density at radius 1 is 1.23 bits per heavy atom. The topological polar surface area (TPSA) is 58.5 Å². The highest BCUT2D eigenvalue weighted by Crippen LogP contribution is 2.30. The third-order valence-corrected chi connectivity index (χ3v) is 3.80. The molecule has 1 heterocycles. The number of guanidine groups is 1. The van der Waals surface area contributed by atoms with Gasteiger partial charge in [-0.1, -0.05) is 18.2 Å². The van der Waals surface area contributed by atoms with Gasteiger partial charge in [0, 0.05) is 11.9 Å². The van der Waals surface area contributed by atoms with Gasteiger partial charge in [0.1, 0.15) is 17.4 Å². The minimum atomic E-state index is -4.42. The summed E-state index contributed by atoms with van der Waals surface area (Å²) in [5, 5.41) is 7.40. The lowest BCUT2D eigenvalue weighted by Gasteiger charge is -2.11. The van der Waals surface area contributed by atoms with Gasteiger partial charge in [-0.15, -0.1) is 35.3 Å². The van der Waals surface area contributed by atoms with Crippen molar-refractivity contribution in [2.75, 3.05) is 19.7 Å². The second-order valence-electron chi connectivity index (χ2n) is 4.91. The van der Waals surface area contributed by atoms with Crippen LogP contribution in [0.1, 0.15) is 17.6 Å². The van der Waals surface area contributed by atoms with Crippen molar-refractivity contribution in [1.82, 2.24) is 15.6 Å². The van der Waals surface area contributed by atoms with Crippen LogP contribution in [0.2, 0.25) is 0 Å². The molecule has 0 fully saturated rings. The molecule has 0 saturated heterocycles. The molecule has 1 aromatic carbocycles. The van der Waals surface area contributed by atoms with Crippen molar-refractivity contribution in [1.29, 1.82) is 0 Å². The average Bonchev–Trinajstić information content (AvgIpc) is 3.07. The van der Waals surface area contributed by atoms with Gasteiger partial charge < -0.3 is 15.4 Å². The third-order valence-electron chi connectivity index (χ3n) is 2.97. The van der Waals surface area contributed by atoms with E-state index < -0.39 is 11.9 Å². The maximum absolute atomic E-state index is 12.5. The van der Waals surface area contributed by atoms with E-state index in [-0.39, 0.29) is 30.5 Å². The van der Waals surface area contributed by atoms with Crippen LogP contribution in [-0.4, -0.2) is 30.6 Å². The Morgan fingerprint density at radius 3 is 2.58 bits per heavy atom. The zero-order chi connectivity index (χ0) is 18.1. The normalized spacial score (nSPS) is 11.6. The van der Waals surface area contributed by atoms with Crippen molar-refractivity contribution in [3.63, 3.8) is 0 Å². The van der Waals surface area contributed by atoms with Crippen molar-refractivity contribution in [2.45, 2.75) is 19.6 Å². The molecule has 0 saturated carbocycles. The molecule has 144 valence electrons. The number of thiazole rings is 1. The number of para-hydroxylation sites is 1. The zero-order valence-corrected chi connectivity index (χ0v) is 17.2. The smallest absolute Gasteiger partial charge is 0.434 e. The monoisotopic (exact) mass is 500 g/mol. The number of aliphatic imine (C=N–C) groups is 1. The summed E-state index contributed by atoms with van der Waals surface area (Å²) in [7, 11) is 0. The standard InChI is InChI=1S/C16H19F3N4OS.HI/c1-2-20-15(21-8-9-24-12-6-4-3-5-7-12)22-10-14-23-13(11-25-14)16(17,18)19;/h3-7,11H,2,8-10H2,1H3,(H2,20,21,22);1H. The number of aromatic nitrogens is 1. The molecule has 26 heavy (non-hydrogen) atoms. The number of hydrogen-bond donors (Lipinski definition) is 2. The van der Waals surface area contributed by atoms with Crippen LogP contribution in [-0.2, 0) is 12.7 Å². The van der Waals surface area contributed by atoms with E-state index in [4.69, 9.17) is 4.74 Å². The molecular weight excluding hydrogens is 480 g/mol. The summed E-state index contributed by atoms with van der Waals surface area (Å²) in [6.07, 6.45) is -4.42. The molecule has 0 atom stereocenters. The van der Waals surface area contributed by atoms with Gasteiger partial charge in [-0.25, -0.2) is 9.98 Å². The van der Waals surface area contributed by atoms with Crippen LogP contribution in [0, 0.1) is 0 Å². The molecule has 0 unspecified atom stereocenters. The summed E-state index contributed by atoms with van der Waals surface area (Å²) in [5.41, 5.74) is -0.878. The Morgan fingerprint density at radius 2 is 1.96 bits per heavy atom. The van der Waals surface area contributed by atoms with Crippen molar-refractivity contribution in [2.24, 2.45) is 4.99 Å². The van der Waals surface area contributed by atoms with Gasteiger partial charge in [-0.2, -0.15) is 13.2 Å². The number of hydrogen-bond acceptors (Lipinski definition) is 4. The van der Waals surface area contributed by atoms with Crippen LogP contribution in [0.5, 0.6) is 5.75 Å². The Balaban J connectivity index is 0.00000338. The molecule has 2 N–H and O–H groups in total. The lowest BCUT2D eigenvalue weighted by atomic mass is 10.3. The number of ether oxygens (including phenoxy) is 1. The molecule has 0 amide bonds. The SMILES string of the molecule is CCNC(=NCc1nc(C(F)(F)F)cs1)NCCOc1ccccc1.I. The molecule has 0 spiro atoms. The Labute approximate surface area is 171 Å². The number of rotatable bonds is 7. The molecule has 5 nitrogen and oxygen atoms in total. The van der Waals surface area contributed by atoms with E-state index in [9.17, 15) is 13.2 Å². The minimum Gasteiger partial charge on any atom is -0.492 e. The molecule has 0 aliphatic rings. The van der Waals surface area contributed by atoms with E-state index in [1.54, 1.807) is 0 Å². The molecule has 10 heteroatoms. The van der Waals surface area contributed by atoms with Gasteiger partial charge in [-0.3, -0.25) is 0 Å². The molecular formula is C16H20F3IN4OS. The molecule has 1 aromatic heterocycles. The van der Waals surface area contributed by atoms with Crippen LogP contribution in [0.15, 0.2) is 40.7 Å². The average molecular weight is 500 g/mol. The summed E-state index contributed by atoms with van der Waals surface area (Å²) in [5.74, 6) is 1.27. The van der Waals surface area contributed by atoms with Crippen LogP contribution < -0.4 is 15.4 Å². The lowest BCUT2D eigenvalue weighted by molar-refractivity contribution is -0.140. The summed E-state index contributed by atoms with van der Waals surface area (Å²) >= 11 is 0.944. The van der Waals surface area contributed by atoms with Crippen molar-refractivity contribution >= 4 is 41.3 Å². The van der Waals surface area contributed by atoms with Crippen molar-refractivity contribution in [3.05, 3.63) is 46.4 Å². The lowest BCUT2D eigenvalue weighted by Crippen LogP contribution is -2.39. The summed E-state index contributed by atoms with van der Waals surface area (Å²) < 4.78 is 43.2. The number of halogens is 4. The fraction of sp³-hybridized carbons (Fsp3) is 0.375. The number of alkyl halides is 3. The molecule has 0 aliphatic carbocycles. The van der Waals surface area contributed by atoms with E-state index in [0.29, 0.717) is 30.7 Å². The fourth-order valence-corrected chi connectivity index (χ4v) is 2.58. The first kappa shape index (κ1) is 22.5. The minimum absolute atomic E-state index is 0.